The Bertz CT molecular complexity index is 1160. The first-order valence-electron chi connectivity index (χ1n) is 13.1. The Kier molecular flexibility index (Phi) is 9.09. The first-order chi connectivity index (χ1) is 18.2. The molecule has 0 unspecified atom stereocenters. The lowest BCUT2D eigenvalue weighted by atomic mass is 9.98. The number of benzene rings is 4. The van der Waals surface area contributed by atoms with Crippen molar-refractivity contribution in [3.05, 3.63) is 121 Å². The van der Waals surface area contributed by atoms with Crippen LogP contribution < -0.4 is 21.2 Å². The lowest BCUT2D eigenvalue weighted by Crippen LogP contribution is -2.29. The first-order valence-corrected chi connectivity index (χ1v) is 15.8. The van der Waals surface area contributed by atoms with Crippen molar-refractivity contribution in [1.29, 1.82) is 0 Å². The maximum atomic E-state index is 5.24. The van der Waals surface area contributed by atoms with Gasteiger partial charge >= 0.3 is 0 Å². The summed E-state index contributed by atoms with van der Waals surface area (Å²) >= 11 is 0. The Labute approximate surface area is 231 Å². The second-order valence-corrected chi connectivity index (χ2v) is 15.6. The molecule has 38 heavy (non-hydrogen) atoms. The van der Waals surface area contributed by atoms with E-state index in [0.29, 0.717) is 0 Å². The Morgan fingerprint density at radius 2 is 0.605 bits per heavy atom. The van der Waals surface area contributed by atoms with Gasteiger partial charge in [0.2, 0.25) is 0 Å². The minimum Gasteiger partial charge on any atom is -0.154 e. The molecule has 4 aromatic rings. The summed E-state index contributed by atoms with van der Waals surface area (Å²) in [5.41, 5.74) is 1.93. The van der Waals surface area contributed by atoms with Crippen molar-refractivity contribution in [2.24, 2.45) is 21.0 Å². The molecule has 4 rings (SSSR count). The Morgan fingerprint density at radius 3 is 0.789 bits per heavy atom. The van der Waals surface area contributed by atoms with Gasteiger partial charge in [0.15, 0.2) is 0 Å². The molecular formula is C34H38N2P2. The zero-order valence-corrected chi connectivity index (χ0v) is 25.1. The van der Waals surface area contributed by atoms with Crippen molar-refractivity contribution >= 4 is 48.0 Å². The molecule has 0 heterocycles. The van der Waals surface area contributed by atoms with E-state index in [2.05, 4.69) is 163 Å². The summed E-state index contributed by atoms with van der Waals surface area (Å²) in [4.78, 5) is 0. The van der Waals surface area contributed by atoms with Gasteiger partial charge in [0, 0.05) is 26.7 Å². The van der Waals surface area contributed by atoms with Gasteiger partial charge in [0.1, 0.15) is 0 Å². The third-order valence-corrected chi connectivity index (χ3v) is 11.7. The van der Waals surface area contributed by atoms with E-state index in [0.717, 1.165) is 10.9 Å². The van der Waals surface area contributed by atoms with Crippen LogP contribution in [0.2, 0.25) is 0 Å². The van der Waals surface area contributed by atoms with E-state index in [1.165, 1.54) is 21.2 Å². The topological polar surface area (TPSA) is 24.7 Å². The van der Waals surface area contributed by atoms with E-state index in [1.807, 2.05) is 0 Å². The molecule has 0 saturated heterocycles. The minimum absolute atomic E-state index is 0.161. The summed E-state index contributed by atoms with van der Waals surface area (Å²) in [5.74, 6) is 0. The third kappa shape index (κ3) is 6.93. The zero-order valence-electron chi connectivity index (χ0n) is 23.3. The number of nitrogens with zero attached hydrogens (tertiary/aromatic N) is 2. The molecule has 0 spiro atoms. The van der Waals surface area contributed by atoms with Crippen molar-refractivity contribution < 1.29 is 0 Å². The van der Waals surface area contributed by atoms with Crippen LogP contribution in [0.25, 0.3) is 0 Å². The third-order valence-electron chi connectivity index (χ3n) is 6.06. The summed E-state index contributed by atoms with van der Waals surface area (Å²) < 4.78 is 0. The van der Waals surface area contributed by atoms with Gasteiger partial charge in [-0.05, 0) is 21.2 Å². The van der Waals surface area contributed by atoms with Crippen molar-refractivity contribution in [3.63, 3.8) is 0 Å². The minimum atomic E-state index is -0.847. The van der Waals surface area contributed by atoms with E-state index >= 15 is 0 Å². The molecule has 0 fully saturated rings. The van der Waals surface area contributed by atoms with Gasteiger partial charge in [-0.3, -0.25) is 0 Å². The van der Waals surface area contributed by atoms with Gasteiger partial charge in [-0.1, -0.05) is 163 Å². The van der Waals surface area contributed by atoms with Crippen LogP contribution in [0.5, 0.6) is 0 Å². The standard InChI is InChI=1S/C34H38N2P2/c1-33(2,3)31(37(27-19-11-7-12-20-27)28-21-13-8-14-22-28)35-36-32(34(4,5)6)38(29-23-15-9-16-24-29)30-25-17-10-18-26-30/h7-26H,1-6H3/b35-31+,36-32+. The lowest BCUT2D eigenvalue weighted by Gasteiger charge is -2.31. The number of hydrogen-bond donors (Lipinski definition) is 0. The van der Waals surface area contributed by atoms with Gasteiger partial charge < -0.3 is 0 Å². The normalized spacial score (nSPS) is 13.3. The number of hydrogen-bond acceptors (Lipinski definition) is 2. The first kappa shape index (κ1) is 28.1. The highest BCUT2D eigenvalue weighted by molar-refractivity contribution is 7.88. The van der Waals surface area contributed by atoms with Gasteiger partial charge in [-0.2, -0.15) is 10.2 Å². The molecule has 194 valence electrons. The second-order valence-electron chi connectivity index (χ2n) is 11.4. The Balaban J connectivity index is 1.95. The van der Waals surface area contributed by atoms with Crippen molar-refractivity contribution in [2.75, 3.05) is 0 Å². The van der Waals surface area contributed by atoms with Crippen LogP contribution in [0, 0.1) is 10.8 Å². The van der Waals surface area contributed by atoms with Crippen LogP contribution in [0.1, 0.15) is 41.5 Å². The maximum Gasteiger partial charge on any atom is 0.0776 e. The zero-order chi connectivity index (χ0) is 27.2. The van der Waals surface area contributed by atoms with Gasteiger partial charge in [0.25, 0.3) is 0 Å². The predicted octanol–water partition coefficient (Wildman–Crippen LogP) is 8.06. The van der Waals surface area contributed by atoms with E-state index in [4.69, 9.17) is 10.2 Å². The lowest BCUT2D eigenvalue weighted by molar-refractivity contribution is 0.591. The summed E-state index contributed by atoms with van der Waals surface area (Å²) in [6, 6.07) is 43.2. The quantitative estimate of drug-likeness (QED) is 0.130. The van der Waals surface area contributed by atoms with E-state index in [-0.39, 0.29) is 10.8 Å². The maximum absolute atomic E-state index is 5.24. The highest BCUT2D eigenvalue weighted by atomic mass is 31.1. The smallest absolute Gasteiger partial charge is 0.0776 e. The molecule has 4 aromatic carbocycles. The molecule has 0 bridgehead atoms. The van der Waals surface area contributed by atoms with Crippen LogP contribution >= 0.6 is 15.8 Å². The fourth-order valence-corrected chi connectivity index (χ4v) is 9.32. The van der Waals surface area contributed by atoms with Gasteiger partial charge in [0.05, 0.1) is 10.9 Å². The molecule has 2 nitrogen and oxygen atoms in total. The Morgan fingerprint density at radius 1 is 0.395 bits per heavy atom. The molecule has 0 aliphatic heterocycles. The summed E-state index contributed by atoms with van der Waals surface area (Å²) in [6.45, 7) is 13.6. The molecule has 0 radical (unpaired) electrons. The molecular weight excluding hydrogens is 498 g/mol. The van der Waals surface area contributed by atoms with E-state index in [9.17, 15) is 0 Å². The fraction of sp³-hybridized carbons (Fsp3) is 0.235. The van der Waals surface area contributed by atoms with Gasteiger partial charge in [-0.25, -0.2) is 0 Å². The number of rotatable bonds is 7. The van der Waals surface area contributed by atoms with Crippen LogP contribution in [0.15, 0.2) is 132 Å². The molecule has 0 aromatic heterocycles. The molecule has 4 heteroatoms. The van der Waals surface area contributed by atoms with Crippen molar-refractivity contribution in [3.8, 4) is 0 Å². The average molecular weight is 537 g/mol. The molecule has 0 saturated carbocycles. The monoisotopic (exact) mass is 536 g/mol. The van der Waals surface area contributed by atoms with E-state index < -0.39 is 15.8 Å². The van der Waals surface area contributed by atoms with Crippen molar-refractivity contribution in [2.45, 2.75) is 41.5 Å². The molecule has 0 N–H and O–H groups in total. The molecule has 0 amide bonds. The summed E-state index contributed by atoms with van der Waals surface area (Å²) in [6.07, 6.45) is 0. The Hall–Kier alpha value is -2.92. The van der Waals surface area contributed by atoms with Crippen LogP contribution in [-0.4, -0.2) is 10.9 Å². The molecule has 0 aliphatic carbocycles. The van der Waals surface area contributed by atoms with Crippen LogP contribution in [0.4, 0.5) is 0 Å². The predicted molar refractivity (Wildman–Crippen MR) is 172 cm³/mol. The average Bonchev–Trinajstić information content (AvgIpc) is 2.91. The second kappa shape index (κ2) is 12.3. The SMILES string of the molecule is CC(C)(C)/C(=N\N=C(\P(c1ccccc1)c1ccccc1)C(C)(C)C)P(c1ccccc1)c1ccccc1. The highest BCUT2D eigenvalue weighted by Gasteiger charge is 2.33. The van der Waals surface area contributed by atoms with Crippen molar-refractivity contribution in [1.82, 2.24) is 0 Å². The largest absolute Gasteiger partial charge is 0.154 e. The van der Waals surface area contributed by atoms with E-state index in [1.54, 1.807) is 0 Å². The summed E-state index contributed by atoms with van der Waals surface area (Å²) in [7, 11) is -1.69. The molecule has 0 atom stereocenters. The van der Waals surface area contributed by atoms with Gasteiger partial charge in [-0.15, -0.1) is 0 Å². The summed E-state index contributed by atoms with van der Waals surface area (Å²) in [5, 5.41) is 15.7. The molecule has 0 aliphatic rings. The van der Waals surface area contributed by atoms with Crippen LogP contribution in [-0.2, 0) is 0 Å². The fourth-order valence-electron chi connectivity index (χ4n) is 4.25. The highest BCUT2D eigenvalue weighted by Crippen LogP contribution is 2.46. The van der Waals surface area contributed by atoms with Crippen LogP contribution in [0.3, 0.4) is 0 Å².